The summed E-state index contributed by atoms with van der Waals surface area (Å²) < 4.78 is 14.1. The molecule has 0 bridgehead atoms. The van der Waals surface area contributed by atoms with Crippen LogP contribution in [-0.4, -0.2) is 70.3 Å². The number of para-hydroxylation sites is 1. The van der Waals surface area contributed by atoms with E-state index in [1.807, 2.05) is 42.5 Å². The minimum absolute atomic E-state index is 0.142. The van der Waals surface area contributed by atoms with Gasteiger partial charge in [-0.2, -0.15) is 0 Å². The van der Waals surface area contributed by atoms with Gasteiger partial charge in [0.25, 0.3) is 5.91 Å². The largest absolute Gasteiger partial charge is 0.488 e. The van der Waals surface area contributed by atoms with Crippen LogP contribution in [-0.2, 0) is 6.61 Å². The predicted molar refractivity (Wildman–Crippen MR) is 152 cm³/mol. The lowest BCUT2D eigenvalue weighted by atomic mass is 10.0. The Morgan fingerprint density at radius 2 is 1.82 bits per heavy atom. The van der Waals surface area contributed by atoms with Crippen LogP contribution in [0.1, 0.15) is 54.7 Å². The van der Waals surface area contributed by atoms with Crippen molar-refractivity contribution in [3.8, 4) is 5.75 Å². The van der Waals surface area contributed by atoms with Crippen LogP contribution < -0.4 is 10.5 Å². The summed E-state index contributed by atoms with van der Waals surface area (Å²) in [5.41, 5.74) is 9.23. The SMILES string of the molecule is C[C@@H](CN1CCC(n2c(C(N)=O)cc3c(OCc4coc5ccccc45)cccc32)CC1)N1CCC(O)CC1. The van der Waals surface area contributed by atoms with Gasteiger partial charge in [-0.1, -0.05) is 24.3 Å². The lowest BCUT2D eigenvalue weighted by molar-refractivity contribution is 0.0493. The van der Waals surface area contributed by atoms with E-state index in [-0.39, 0.29) is 12.1 Å². The van der Waals surface area contributed by atoms with Crippen LogP contribution in [0.2, 0.25) is 0 Å². The van der Waals surface area contributed by atoms with Gasteiger partial charge in [0.15, 0.2) is 0 Å². The van der Waals surface area contributed by atoms with Gasteiger partial charge in [0, 0.05) is 61.1 Å². The number of primary amides is 1. The molecule has 8 heteroatoms. The van der Waals surface area contributed by atoms with Crippen LogP contribution in [0, 0.1) is 0 Å². The molecule has 0 radical (unpaired) electrons. The van der Waals surface area contributed by atoms with Gasteiger partial charge in [0.2, 0.25) is 0 Å². The number of nitrogens with zero attached hydrogens (tertiary/aromatic N) is 3. The number of hydrogen-bond acceptors (Lipinski definition) is 6. The Kier molecular flexibility index (Phi) is 7.34. The van der Waals surface area contributed by atoms with Crippen molar-refractivity contribution in [2.45, 2.75) is 57.4 Å². The second-order valence-electron chi connectivity index (χ2n) is 11.1. The number of carbonyl (C=O) groups is 1. The van der Waals surface area contributed by atoms with Crippen molar-refractivity contribution in [1.82, 2.24) is 14.4 Å². The van der Waals surface area contributed by atoms with E-state index in [9.17, 15) is 9.90 Å². The van der Waals surface area contributed by atoms with E-state index in [0.29, 0.717) is 18.3 Å². The minimum atomic E-state index is -0.415. The Bertz CT molecular complexity index is 1440. The number of nitrogens with two attached hydrogens (primary N) is 1. The molecule has 39 heavy (non-hydrogen) atoms. The number of fused-ring (bicyclic) bond motifs is 2. The van der Waals surface area contributed by atoms with Crippen molar-refractivity contribution in [3.05, 3.63) is 66.1 Å². The maximum Gasteiger partial charge on any atom is 0.265 e. The number of aliphatic hydroxyl groups is 1. The first kappa shape index (κ1) is 25.9. The zero-order valence-corrected chi connectivity index (χ0v) is 22.6. The summed E-state index contributed by atoms with van der Waals surface area (Å²) in [5, 5.41) is 11.8. The maximum atomic E-state index is 12.6. The summed E-state index contributed by atoms with van der Waals surface area (Å²) in [7, 11) is 0. The molecular weight excluding hydrogens is 492 g/mol. The molecule has 3 N–H and O–H groups in total. The molecule has 1 atom stereocenters. The maximum absolute atomic E-state index is 12.6. The van der Waals surface area contributed by atoms with Crippen molar-refractivity contribution in [2.75, 3.05) is 32.7 Å². The molecule has 2 aromatic heterocycles. The third kappa shape index (κ3) is 5.29. The van der Waals surface area contributed by atoms with Crippen molar-refractivity contribution in [1.29, 1.82) is 0 Å². The molecule has 2 aliphatic heterocycles. The third-order valence-electron chi connectivity index (χ3n) is 8.61. The Morgan fingerprint density at radius 1 is 1.05 bits per heavy atom. The molecule has 4 aromatic rings. The number of furan rings is 1. The van der Waals surface area contributed by atoms with Crippen molar-refractivity contribution in [2.24, 2.45) is 5.73 Å². The molecule has 4 heterocycles. The summed E-state index contributed by atoms with van der Waals surface area (Å²) >= 11 is 0. The van der Waals surface area contributed by atoms with E-state index in [2.05, 4.69) is 27.4 Å². The molecule has 0 unspecified atom stereocenters. The fourth-order valence-corrected chi connectivity index (χ4v) is 6.41. The van der Waals surface area contributed by atoms with Gasteiger partial charge < -0.3 is 29.5 Å². The van der Waals surface area contributed by atoms with Gasteiger partial charge in [-0.15, -0.1) is 0 Å². The van der Waals surface area contributed by atoms with Gasteiger partial charge in [0.1, 0.15) is 23.6 Å². The van der Waals surface area contributed by atoms with Crippen LogP contribution >= 0.6 is 0 Å². The topological polar surface area (TPSA) is 97.1 Å². The molecule has 2 fully saturated rings. The van der Waals surface area contributed by atoms with Gasteiger partial charge in [-0.25, -0.2) is 0 Å². The number of aliphatic hydroxyl groups excluding tert-OH is 1. The molecule has 2 aliphatic rings. The number of rotatable bonds is 8. The molecule has 206 valence electrons. The van der Waals surface area contributed by atoms with Crippen LogP contribution in [0.4, 0.5) is 0 Å². The number of aromatic nitrogens is 1. The Balaban J connectivity index is 1.17. The third-order valence-corrected chi connectivity index (χ3v) is 8.61. The highest BCUT2D eigenvalue weighted by Crippen LogP contribution is 2.35. The number of piperidine rings is 2. The highest BCUT2D eigenvalue weighted by molar-refractivity contribution is 5.99. The Labute approximate surface area is 228 Å². The van der Waals surface area contributed by atoms with Crippen molar-refractivity contribution < 1.29 is 19.1 Å². The number of hydrogen-bond donors (Lipinski definition) is 2. The second-order valence-corrected chi connectivity index (χ2v) is 11.1. The summed E-state index contributed by atoms with van der Waals surface area (Å²) in [6.45, 7) is 7.59. The van der Waals surface area contributed by atoms with E-state index in [1.165, 1.54) is 0 Å². The Hall–Kier alpha value is -3.33. The summed E-state index contributed by atoms with van der Waals surface area (Å²) in [5.74, 6) is 0.318. The molecule has 2 aromatic carbocycles. The zero-order chi connectivity index (χ0) is 26.9. The number of benzene rings is 2. The average Bonchev–Trinajstić information content (AvgIpc) is 3.55. The summed E-state index contributed by atoms with van der Waals surface area (Å²) in [4.78, 5) is 17.6. The van der Waals surface area contributed by atoms with Crippen molar-refractivity contribution in [3.63, 3.8) is 0 Å². The smallest absolute Gasteiger partial charge is 0.265 e. The predicted octanol–water partition coefficient (Wildman–Crippen LogP) is 4.55. The quantitative estimate of drug-likeness (QED) is 0.347. The lowest BCUT2D eigenvalue weighted by Crippen LogP contribution is -2.48. The van der Waals surface area contributed by atoms with Crippen LogP contribution in [0.5, 0.6) is 5.75 Å². The minimum Gasteiger partial charge on any atom is -0.488 e. The molecule has 0 saturated carbocycles. The number of ether oxygens (including phenoxy) is 1. The molecule has 0 spiro atoms. The highest BCUT2D eigenvalue weighted by atomic mass is 16.5. The Morgan fingerprint density at radius 3 is 2.59 bits per heavy atom. The zero-order valence-electron chi connectivity index (χ0n) is 22.6. The average molecular weight is 531 g/mol. The summed E-state index contributed by atoms with van der Waals surface area (Å²) in [6.07, 6.45) is 5.26. The van der Waals surface area contributed by atoms with Gasteiger partial charge >= 0.3 is 0 Å². The fourth-order valence-electron chi connectivity index (χ4n) is 6.41. The number of amides is 1. The highest BCUT2D eigenvalue weighted by Gasteiger charge is 2.28. The van der Waals surface area contributed by atoms with E-state index in [4.69, 9.17) is 14.9 Å². The molecule has 0 aliphatic carbocycles. The number of carbonyl (C=O) groups excluding carboxylic acids is 1. The van der Waals surface area contributed by atoms with Crippen LogP contribution in [0.3, 0.4) is 0 Å². The van der Waals surface area contributed by atoms with Crippen LogP contribution in [0.25, 0.3) is 21.9 Å². The van der Waals surface area contributed by atoms with E-state index >= 15 is 0 Å². The molecule has 2 saturated heterocycles. The first-order valence-electron chi connectivity index (χ1n) is 14.1. The first-order chi connectivity index (χ1) is 19.0. The lowest BCUT2D eigenvalue weighted by Gasteiger charge is -2.39. The standard InChI is InChI=1S/C31H38N4O4/c1-21(34-15-11-24(36)12-16-34)18-33-13-9-23(10-14-33)35-27-6-4-8-30(26(27)17-28(35)31(32)37)39-20-22-19-38-29-7-3-2-5-25(22)29/h2-8,17,19,21,23-24,36H,9-16,18,20H2,1H3,(H2,32,37)/t21-/m0/s1. The second kappa shape index (κ2) is 11.0. The van der Waals surface area contributed by atoms with Crippen molar-refractivity contribution >= 4 is 27.8 Å². The molecule has 1 amide bonds. The molecule has 8 nitrogen and oxygen atoms in total. The molecule has 6 rings (SSSR count). The normalized spacial score (nSPS) is 19.1. The summed E-state index contributed by atoms with van der Waals surface area (Å²) in [6, 6.07) is 16.5. The fraction of sp³-hybridized carbons (Fsp3) is 0.452. The molecular formula is C31H38N4O4. The van der Waals surface area contributed by atoms with E-state index in [0.717, 1.165) is 91.6 Å². The van der Waals surface area contributed by atoms with Gasteiger partial charge in [-0.3, -0.25) is 9.69 Å². The number of likely N-dealkylation sites (tertiary alicyclic amines) is 2. The first-order valence-corrected chi connectivity index (χ1v) is 14.1. The van der Waals surface area contributed by atoms with Gasteiger partial charge in [0.05, 0.1) is 17.9 Å². The van der Waals surface area contributed by atoms with Crippen LogP contribution in [0.15, 0.2) is 59.2 Å². The monoisotopic (exact) mass is 530 g/mol. The van der Waals surface area contributed by atoms with E-state index < -0.39 is 5.91 Å². The van der Waals surface area contributed by atoms with Gasteiger partial charge in [-0.05, 0) is 56.9 Å². The van der Waals surface area contributed by atoms with E-state index in [1.54, 1.807) is 6.26 Å².